The highest BCUT2D eigenvalue weighted by atomic mass is 32.2. The van der Waals surface area contributed by atoms with Gasteiger partial charge < -0.3 is 10.0 Å². The molecule has 0 amide bonds. The van der Waals surface area contributed by atoms with Crippen LogP contribution < -0.4 is 9.62 Å². The van der Waals surface area contributed by atoms with Crippen molar-refractivity contribution in [3.8, 4) is 0 Å². The number of sulfonamides is 1. The average molecular weight is 340 g/mol. The molecule has 0 atom stereocenters. The Hall–Kier alpha value is -1.60. The van der Waals surface area contributed by atoms with Crippen molar-refractivity contribution in [2.24, 2.45) is 0 Å². The van der Waals surface area contributed by atoms with E-state index < -0.39 is 16.0 Å². The maximum absolute atomic E-state index is 12.6. The molecule has 0 aliphatic carbocycles. The second kappa shape index (κ2) is 7.79. The van der Waals surface area contributed by atoms with Crippen molar-refractivity contribution in [2.45, 2.75) is 43.9 Å². The van der Waals surface area contributed by atoms with Crippen molar-refractivity contribution in [1.29, 1.82) is 0 Å². The third kappa shape index (κ3) is 4.45. The number of rotatable bonds is 8. The number of hydrogen-bond donors (Lipinski definition) is 2. The third-order valence-electron chi connectivity index (χ3n) is 4.02. The van der Waals surface area contributed by atoms with Crippen LogP contribution in [-0.4, -0.2) is 39.1 Å². The largest absolute Gasteiger partial charge is 0.478 e. The summed E-state index contributed by atoms with van der Waals surface area (Å²) in [7, 11) is -3.72. The molecule has 1 saturated heterocycles. The number of anilines is 1. The first kappa shape index (κ1) is 17.7. The molecule has 0 bridgehead atoms. The van der Waals surface area contributed by atoms with E-state index >= 15 is 0 Å². The summed E-state index contributed by atoms with van der Waals surface area (Å²) in [5.41, 5.74) is 0.581. The molecule has 1 aromatic rings. The lowest BCUT2D eigenvalue weighted by molar-refractivity contribution is 0.0696. The number of aromatic carboxylic acids is 1. The Morgan fingerprint density at radius 2 is 1.96 bits per heavy atom. The van der Waals surface area contributed by atoms with Gasteiger partial charge in [-0.3, -0.25) is 0 Å². The molecule has 1 heterocycles. The smallest absolute Gasteiger partial charge is 0.335 e. The molecule has 1 aliphatic rings. The second-order valence-corrected chi connectivity index (χ2v) is 7.52. The standard InChI is InChI=1S/C16H24N2O4S/c1-2-3-4-9-17-23(21,22)15-12-13(16(19)20)7-8-14(15)18-10-5-6-11-18/h7-8,12,17H,2-6,9-11H2,1H3,(H,19,20). The molecular formula is C16H24N2O4S. The summed E-state index contributed by atoms with van der Waals surface area (Å²) in [6.45, 7) is 4.01. The van der Waals surface area contributed by atoms with Gasteiger partial charge in [-0.1, -0.05) is 19.8 Å². The Kier molecular flexibility index (Phi) is 6.01. The van der Waals surface area contributed by atoms with Crippen molar-refractivity contribution in [1.82, 2.24) is 4.72 Å². The first-order chi connectivity index (χ1) is 11.0. The van der Waals surface area contributed by atoms with Crippen molar-refractivity contribution >= 4 is 21.7 Å². The van der Waals surface area contributed by atoms with Gasteiger partial charge in [0, 0.05) is 19.6 Å². The first-order valence-corrected chi connectivity index (χ1v) is 9.56. The Morgan fingerprint density at radius 3 is 2.57 bits per heavy atom. The van der Waals surface area contributed by atoms with Gasteiger partial charge in [0.05, 0.1) is 11.3 Å². The van der Waals surface area contributed by atoms with Gasteiger partial charge in [-0.25, -0.2) is 17.9 Å². The summed E-state index contributed by atoms with van der Waals surface area (Å²) in [4.78, 5) is 13.3. The Bertz CT molecular complexity index is 652. The van der Waals surface area contributed by atoms with E-state index in [-0.39, 0.29) is 10.5 Å². The molecule has 1 aliphatic heterocycles. The number of nitrogens with zero attached hydrogens (tertiary/aromatic N) is 1. The summed E-state index contributed by atoms with van der Waals surface area (Å²) in [5, 5.41) is 9.15. The van der Waals surface area contributed by atoms with E-state index in [9.17, 15) is 13.2 Å². The first-order valence-electron chi connectivity index (χ1n) is 8.07. The van der Waals surface area contributed by atoms with Crippen molar-refractivity contribution < 1.29 is 18.3 Å². The fourth-order valence-corrected chi connectivity index (χ4v) is 4.06. The molecule has 0 saturated carbocycles. The van der Waals surface area contributed by atoms with Gasteiger partial charge in [-0.15, -0.1) is 0 Å². The van der Waals surface area contributed by atoms with Gasteiger partial charge in [0.2, 0.25) is 10.0 Å². The number of benzene rings is 1. The lowest BCUT2D eigenvalue weighted by atomic mass is 10.2. The van der Waals surface area contributed by atoms with Crippen LogP contribution in [-0.2, 0) is 10.0 Å². The maximum atomic E-state index is 12.6. The van der Waals surface area contributed by atoms with Gasteiger partial charge in [0.1, 0.15) is 4.90 Å². The quantitative estimate of drug-likeness (QED) is 0.710. The number of hydrogen-bond acceptors (Lipinski definition) is 4. The van der Waals surface area contributed by atoms with Crippen molar-refractivity contribution in [3.05, 3.63) is 23.8 Å². The summed E-state index contributed by atoms with van der Waals surface area (Å²) >= 11 is 0. The highest BCUT2D eigenvalue weighted by Gasteiger charge is 2.25. The fourth-order valence-electron chi connectivity index (χ4n) is 2.74. The number of carboxylic acid groups (broad SMARTS) is 1. The van der Waals surface area contributed by atoms with Crippen molar-refractivity contribution in [2.75, 3.05) is 24.5 Å². The highest BCUT2D eigenvalue weighted by molar-refractivity contribution is 7.89. The predicted octanol–water partition coefficient (Wildman–Crippen LogP) is 2.45. The zero-order valence-electron chi connectivity index (χ0n) is 13.4. The Labute approximate surface area is 137 Å². The lowest BCUT2D eigenvalue weighted by Crippen LogP contribution is -2.28. The monoisotopic (exact) mass is 340 g/mol. The van der Waals surface area contributed by atoms with Gasteiger partial charge in [0.25, 0.3) is 0 Å². The zero-order valence-corrected chi connectivity index (χ0v) is 14.2. The average Bonchev–Trinajstić information content (AvgIpc) is 3.05. The highest BCUT2D eigenvalue weighted by Crippen LogP contribution is 2.29. The molecule has 0 spiro atoms. The van der Waals surface area contributed by atoms with Crippen LogP contribution in [0, 0.1) is 0 Å². The molecule has 6 nitrogen and oxygen atoms in total. The minimum absolute atomic E-state index is 0.0121. The number of carboxylic acids is 1. The van der Waals surface area contributed by atoms with E-state index in [2.05, 4.69) is 11.6 Å². The summed E-state index contributed by atoms with van der Waals surface area (Å²) < 4.78 is 27.8. The van der Waals surface area contributed by atoms with Gasteiger partial charge in [-0.2, -0.15) is 0 Å². The van der Waals surface area contributed by atoms with Gasteiger partial charge in [0.15, 0.2) is 0 Å². The van der Waals surface area contributed by atoms with Crippen LogP contribution in [0.3, 0.4) is 0 Å². The Morgan fingerprint density at radius 1 is 1.26 bits per heavy atom. The van der Waals surface area contributed by atoms with Crippen molar-refractivity contribution in [3.63, 3.8) is 0 Å². The maximum Gasteiger partial charge on any atom is 0.335 e. The van der Waals surface area contributed by atoms with Crippen LogP contribution in [0.25, 0.3) is 0 Å². The lowest BCUT2D eigenvalue weighted by Gasteiger charge is -2.21. The molecule has 2 N–H and O–H groups in total. The number of unbranched alkanes of at least 4 members (excludes halogenated alkanes) is 2. The SMILES string of the molecule is CCCCCNS(=O)(=O)c1cc(C(=O)O)ccc1N1CCCC1. The fraction of sp³-hybridized carbons (Fsp3) is 0.562. The van der Waals surface area contributed by atoms with E-state index in [1.165, 1.54) is 12.1 Å². The molecule has 128 valence electrons. The normalized spacial score (nSPS) is 15.1. The third-order valence-corrected chi connectivity index (χ3v) is 5.51. The number of carbonyl (C=O) groups is 1. The molecule has 0 aromatic heterocycles. The summed E-state index contributed by atoms with van der Waals surface area (Å²) in [5.74, 6) is -1.12. The van der Waals surface area contributed by atoms with E-state index in [0.29, 0.717) is 12.2 Å². The molecular weight excluding hydrogens is 316 g/mol. The molecule has 1 fully saturated rings. The van der Waals surface area contributed by atoms with Crippen LogP contribution in [0.4, 0.5) is 5.69 Å². The van der Waals surface area contributed by atoms with Crippen LogP contribution >= 0.6 is 0 Å². The van der Waals surface area contributed by atoms with Crippen LogP contribution in [0.1, 0.15) is 49.4 Å². The Balaban J connectivity index is 2.32. The minimum Gasteiger partial charge on any atom is -0.478 e. The topological polar surface area (TPSA) is 86.7 Å². The molecule has 1 aromatic carbocycles. The molecule has 23 heavy (non-hydrogen) atoms. The minimum atomic E-state index is -3.72. The number of nitrogens with one attached hydrogen (secondary N) is 1. The van der Waals surface area contributed by atoms with E-state index in [0.717, 1.165) is 45.2 Å². The van der Waals surface area contributed by atoms with Crippen LogP contribution in [0.15, 0.2) is 23.1 Å². The molecule has 0 unspecified atom stereocenters. The van der Waals surface area contributed by atoms with Crippen LogP contribution in [0.5, 0.6) is 0 Å². The zero-order chi connectivity index (χ0) is 16.9. The predicted molar refractivity (Wildman–Crippen MR) is 89.6 cm³/mol. The molecule has 0 radical (unpaired) electrons. The second-order valence-electron chi connectivity index (χ2n) is 5.79. The van der Waals surface area contributed by atoms with Gasteiger partial charge >= 0.3 is 5.97 Å². The van der Waals surface area contributed by atoms with E-state index in [1.807, 2.05) is 4.90 Å². The van der Waals surface area contributed by atoms with Gasteiger partial charge in [-0.05, 0) is 37.5 Å². The van der Waals surface area contributed by atoms with Crippen LogP contribution in [0.2, 0.25) is 0 Å². The summed E-state index contributed by atoms with van der Waals surface area (Å²) in [6, 6.07) is 4.33. The van der Waals surface area contributed by atoms with E-state index in [4.69, 9.17) is 5.11 Å². The summed E-state index contributed by atoms with van der Waals surface area (Å²) in [6.07, 6.45) is 4.77. The molecule has 7 heteroatoms. The van der Waals surface area contributed by atoms with E-state index in [1.54, 1.807) is 6.07 Å². The molecule has 2 rings (SSSR count).